The van der Waals surface area contributed by atoms with E-state index in [4.69, 9.17) is 14.2 Å². The van der Waals surface area contributed by atoms with Crippen molar-refractivity contribution in [3.8, 4) is 17.2 Å². The molecule has 24 heavy (non-hydrogen) atoms. The Morgan fingerprint density at radius 3 is 2.29 bits per heavy atom. The zero-order valence-electron chi connectivity index (χ0n) is 13.5. The maximum Gasteiger partial charge on any atom is 0.265 e. The Morgan fingerprint density at radius 2 is 1.71 bits per heavy atom. The molecule has 0 unspecified atom stereocenters. The first-order valence-corrected chi connectivity index (χ1v) is 8.57. The van der Waals surface area contributed by atoms with Crippen LogP contribution in [0.25, 0.3) is 0 Å². The molecule has 6 nitrogen and oxygen atoms in total. The molecule has 0 atom stereocenters. The fourth-order valence-corrected chi connectivity index (χ4v) is 3.22. The number of hydrogen-bond acceptors (Lipinski definition) is 5. The molecule has 2 aromatic rings. The molecule has 2 rings (SSSR count). The molecule has 0 radical (unpaired) electrons. The minimum absolute atomic E-state index is 0.00339. The SMILES string of the molecule is C=CCOc1ccc(NS(=O)(=O)c2cc(OC)ccc2OC)cc1. The van der Waals surface area contributed by atoms with Crippen molar-refractivity contribution in [1.82, 2.24) is 0 Å². The van der Waals surface area contributed by atoms with E-state index in [1.807, 2.05) is 0 Å². The first-order valence-electron chi connectivity index (χ1n) is 7.09. The van der Waals surface area contributed by atoms with E-state index in [9.17, 15) is 8.42 Å². The maximum absolute atomic E-state index is 12.6. The van der Waals surface area contributed by atoms with Crippen LogP contribution in [0.3, 0.4) is 0 Å². The summed E-state index contributed by atoms with van der Waals surface area (Å²) < 4.78 is 43.3. The summed E-state index contributed by atoms with van der Waals surface area (Å²) in [5, 5.41) is 0. The molecule has 0 spiro atoms. The second-order valence-corrected chi connectivity index (χ2v) is 6.40. The second kappa shape index (κ2) is 7.74. The van der Waals surface area contributed by atoms with Crippen LogP contribution in [-0.4, -0.2) is 29.2 Å². The molecular formula is C17H19NO5S. The maximum atomic E-state index is 12.6. The highest BCUT2D eigenvalue weighted by molar-refractivity contribution is 7.92. The fraction of sp³-hybridized carbons (Fsp3) is 0.176. The number of anilines is 1. The lowest BCUT2D eigenvalue weighted by atomic mass is 10.3. The van der Waals surface area contributed by atoms with Crippen molar-refractivity contribution >= 4 is 15.7 Å². The predicted molar refractivity (Wildman–Crippen MR) is 92.5 cm³/mol. The van der Waals surface area contributed by atoms with E-state index in [2.05, 4.69) is 11.3 Å². The Labute approximate surface area is 141 Å². The van der Waals surface area contributed by atoms with Gasteiger partial charge in [-0.2, -0.15) is 0 Å². The van der Waals surface area contributed by atoms with Crippen LogP contribution in [0.2, 0.25) is 0 Å². The lowest BCUT2D eigenvalue weighted by Crippen LogP contribution is -2.14. The van der Waals surface area contributed by atoms with Gasteiger partial charge in [0.05, 0.1) is 14.2 Å². The molecule has 0 aliphatic rings. The molecule has 0 saturated carbocycles. The highest BCUT2D eigenvalue weighted by atomic mass is 32.2. The van der Waals surface area contributed by atoms with Crippen molar-refractivity contribution in [2.45, 2.75) is 4.90 Å². The van der Waals surface area contributed by atoms with Gasteiger partial charge in [-0.25, -0.2) is 8.42 Å². The van der Waals surface area contributed by atoms with Gasteiger partial charge < -0.3 is 14.2 Å². The summed E-state index contributed by atoms with van der Waals surface area (Å²) in [6.45, 7) is 3.95. The first kappa shape index (κ1) is 17.7. The summed E-state index contributed by atoms with van der Waals surface area (Å²) in [4.78, 5) is -0.00339. The molecule has 0 bridgehead atoms. The van der Waals surface area contributed by atoms with Crippen LogP contribution in [0.4, 0.5) is 5.69 Å². The van der Waals surface area contributed by atoms with Gasteiger partial charge in [0.2, 0.25) is 0 Å². The van der Waals surface area contributed by atoms with Gasteiger partial charge in [-0.15, -0.1) is 0 Å². The Bertz CT molecular complexity index is 800. The predicted octanol–water partition coefficient (Wildman–Crippen LogP) is 3.07. The third-order valence-corrected chi connectivity index (χ3v) is 4.54. The smallest absolute Gasteiger partial charge is 0.265 e. The molecule has 0 fully saturated rings. The van der Waals surface area contributed by atoms with Crippen LogP contribution in [0, 0.1) is 0 Å². The van der Waals surface area contributed by atoms with Crippen molar-refractivity contribution < 1.29 is 22.6 Å². The third-order valence-electron chi connectivity index (χ3n) is 3.13. The standard InChI is InChI=1S/C17H19NO5S/c1-4-11-23-14-7-5-13(6-8-14)18-24(19,20)17-12-15(21-2)9-10-16(17)22-3/h4-10,12,18H,1,11H2,2-3H3. The van der Waals surface area contributed by atoms with Crippen molar-refractivity contribution in [2.24, 2.45) is 0 Å². The van der Waals surface area contributed by atoms with Crippen LogP contribution in [0.15, 0.2) is 60.0 Å². The van der Waals surface area contributed by atoms with Gasteiger partial charge in [0.25, 0.3) is 10.0 Å². The zero-order valence-corrected chi connectivity index (χ0v) is 14.3. The van der Waals surface area contributed by atoms with Gasteiger partial charge in [-0.1, -0.05) is 12.7 Å². The van der Waals surface area contributed by atoms with Crippen molar-refractivity contribution in [3.05, 3.63) is 55.1 Å². The topological polar surface area (TPSA) is 73.9 Å². The molecule has 0 aliphatic heterocycles. The molecule has 1 N–H and O–H groups in total. The van der Waals surface area contributed by atoms with Crippen LogP contribution in [0.5, 0.6) is 17.2 Å². The average Bonchev–Trinajstić information content (AvgIpc) is 2.60. The number of ether oxygens (including phenoxy) is 3. The van der Waals surface area contributed by atoms with E-state index in [0.717, 1.165) is 0 Å². The summed E-state index contributed by atoms with van der Waals surface area (Å²) in [6, 6.07) is 11.1. The van der Waals surface area contributed by atoms with E-state index in [1.54, 1.807) is 42.5 Å². The van der Waals surface area contributed by atoms with Crippen molar-refractivity contribution in [1.29, 1.82) is 0 Å². The van der Waals surface area contributed by atoms with Gasteiger partial charge in [0, 0.05) is 11.8 Å². The van der Waals surface area contributed by atoms with E-state index in [0.29, 0.717) is 23.8 Å². The van der Waals surface area contributed by atoms with Gasteiger partial charge >= 0.3 is 0 Å². The lowest BCUT2D eigenvalue weighted by molar-refractivity contribution is 0.363. The van der Waals surface area contributed by atoms with Crippen molar-refractivity contribution in [3.63, 3.8) is 0 Å². The number of sulfonamides is 1. The highest BCUT2D eigenvalue weighted by Gasteiger charge is 2.20. The highest BCUT2D eigenvalue weighted by Crippen LogP contribution is 2.30. The van der Waals surface area contributed by atoms with E-state index < -0.39 is 10.0 Å². The quantitative estimate of drug-likeness (QED) is 0.742. The number of rotatable bonds is 8. The second-order valence-electron chi connectivity index (χ2n) is 4.75. The molecule has 128 valence electrons. The number of nitrogens with one attached hydrogen (secondary N) is 1. The van der Waals surface area contributed by atoms with Crippen LogP contribution < -0.4 is 18.9 Å². The number of benzene rings is 2. The molecule has 0 heterocycles. The number of methoxy groups -OCH3 is 2. The number of hydrogen-bond donors (Lipinski definition) is 1. The molecule has 7 heteroatoms. The Kier molecular flexibility index (Phi) is 5.70. The molecule has 0 aromatic heterocycles. The third kappa shape index (κ3) is 4.20. The minimum Gasteiger partial charge on any atom is -0.497 e. The summed E-state index contributed by atoms with van der Waals surface area (Å²) in [5.41, 5.74) is 0.408. The van der Waals surface area contributed by atoms with E-state index in [1.165, 1.54) is 20.3 Å². The molecule has 0 aliphatic carbocycles. The van der Waals surface area contributed by atoms with Gasteiger partial charge in [0.15, 0.2) is 0 Å². The van der Waals surface area contributed by atoms with Crippen LogP contribution in [0.1, 0.15) is 0 Å². The Morgan fingerprint density at radius 1 is 1.04 bits per heavy atom. The average molecular weight is 349 g/mol. The van der Waals surface area contributed by atoms with Crippen molar-refractivity contribution in [2.75, 3.05) is 25.5 Å². The van der Waals surface area contributed by atoms with Gasteiger partial charge in [-0.05, 0) is 36.4 Å². The molecule has 0 amide bonds. The summed E-state index contributed by atoms with van der Waals surface area (Å²) in [5.74, 6) is 1.27. The zero-order chi connectivity index (χ0) is 17.6. The molecular weight excluding hydrogens is 330 g/mol. The monoisotopic (exact) mass is 349 g/mol. The molecule has 2 aromatic carbocycles. The van der Waals surface area contributed by atoms with E-state index >= 15 is 0 Å². The van der Waals surface area contributed by atoms with Gasteiger partial charge in [-0.3, -0.25) is 4.72 Å². The van der Waals surface area contributed by atoms with E-state index in [-0.39, 0.29) is 10.6 Å². The van der Waals surface area contributed by atoms with Crippen LogP contribution in [-0.2, 0) is 10.0 Å². The van der Waals surface area contributed by atoms with Gasteiger partial charge in [0.1, 0.15) is 28.8 Å². The van der Waals surface area contributed by atoms with Crippen LogP contribution >= 0.6 is 0 Å². The first-order chi connectivity index (χ1) is 11.5. The summed E-state index contributed by atoms with van der Waals surface area (Å²) in [7, 11) is -0.955. The summed E-state index contributed by atoms with van der Waals surface area (Å²) in [6.07, 6.45) is 1.63. The Balaban J connectivity index is 2.26. The fourth-order valence-electron chi connectivity index (χ4n) is 1.98. The Hall–Kier alpha value is -2.67. The summed E-state index contributed by atoms with van der Waals surface area (Å²) >= 11 is 0. The molecule has 0 saturated heterocycles. The lowest BCUT2D eigenvalue weighted by Gasteiger charge is -2.13. The largest absolute Gasteiger partial charge is 0.497 e. The minimum atomic E-state index is -3.83. The normalized spacial score (nSPS) is 10.8.